The average molecular weight is 621 g/mol. The van der Waals surface area contributed by atoms with Crippen LogP contribution in [0.5, 0.6) is 0 Å². The highest BCUT2D eigenvalue weighted by molar-refractivity contribution is 14.1. The summed E-state index contributed by atoms with van der Waals surface area (Å²) in [5.74, 6) is -0.707. The van der Waals surface area contributed by atoms with Crippen molar-refractivity contribution < 1.29 is 32.6 Å². The fourth-order valence-corrected chi connectivity index (χ4v) is 5.40. The lowest BCUT2D eigenvalue weighted by Crippen LogP contribution is -2.57. The van der Waals surface area contributed by atoms with E-state index in [1.54, 1.807) is 42.7 Å². The number of amides is 3. The van der Waals surface area contributed by atoms with E-state index in [4.69, 9.17) is 14.2 Å². The van der Waals surface area contributed by atoms with E-state index < -0.39 is 21.4 Å². The van der Waals surface area contributed by atoms with Gasteiger partial charge in [0, 0.05) is 73.1 Å². The topological polar surface area (TPSA) is 80.3 Å². The maximum absolute atomic E-state index is 13.7. The third-order valence-corrected chi connectivity index (χ3v) is 7.38. The average Bonchev–Trinajstić information content (AvgIpc) is 3.25. The first-order chi connectivity index (χ1) is 16.8. The summed E-state index contributed by atoms with van der Waals surface area (Å²) >= 11 is 1.11. The summed E-state index contributed by atoms with van der Waals surface area (Å²) in [5.41, 5.74) is 0.123. The molecule has 3 aliphatic heterocycles. The molecule has 11 heteroatoms. The van der Waals surface area contributed by atoms with Gasteiger partial charge in [-0.3, -0.25) is 0 Å². The molecule has 0 aromatic heterocycles. The van der Waals surface area contributed by atoms with E-state index in [9.17, 15) is 18.4 Å². The van der Waals surface area contributed by atoms with E-state index in [1.165, 1.54) is 12.1 Å². The molecule has 0 aliphatic carbocycles. The molecule has 36 heavy (non-hydrogen) atoms. The lowest BCUT2D eigenvalue weighted by atomic mass is 9.87. The van der Waals surface area contributed by atoms with Gasteiger partial charge in [-0.05, 0) is 32.8 Å². The first-order valence-corrected chi connectivity index (χ1v) is 13.4. The molecule has 0 bridgehead atoms. The number of piperidine rings is 2. The number of ether oxygens (including phenoxy) is 3. The molecular weight excluding hydrogens is 587 g/mol. The third kappa shape index (κ3) is 6.77. The molecule has 3 aliphatic rings. The van der Waals surface area contributed by atoms with Crippen LogP contribution in [-0.4, -0.2) is 78.7 Å². The zero-order chi connectivity index (χ0) is 26.1. The van der Waals surface area contributed by atoms with Crippen LogP contribution in [0.25, 0.3) is 0 Å². The van der Waals surface area contributed by atoms with Gasteiger partial charge in [-0.1, -0.05) is 24.3 Å². The van der Waals surface area contributed by atoms with Crippen LogP contribution >= 0.6 is 22.6 Å². The second-order valence-electron chi connectivity index (χ2n) is 10.7. The molecule has 200 valence electrons. The predicted molar refractivity (Wildman–Crippen MR) is 137 cm³/mol. The summed E-state index contributed by atoms with van der Waals surface area (Å²) in [6.07, 6.45) is 1.24. The van der Waals surface area contributed by atoms with Gasteiger partial charge in [-0.15, -0.1) is 0 Å². The Kier molecular flexibility index (Phi) is 8.01. The second-order valence-corrected chi connectivity index (χ2v) is 12.0. The van der Waals surface area contributed by atoms with Crippen molar-refractivity contribution in [3.63, 3.8) is 0 Å². The van der Waals surface area contributed by atoms with Gasteiger partial charge in [-0.25, -0.2) is 9.59 Å². The lowest BCUT2D eigenvalue weighted by molar-refractivity contribution is -0.182. The molecule has 3 fully saturated rings. The van der Waals surface area contributed by atoms with Gasteiger partial charge >= 0.3 is 16.1 Å². The van der Waals surface area contributed by atoms with Crippen molar-refractivity contribution in [3.8, 4) is 0 Å². The number of benzene rings is 1. The van der Waals surface area contributed by atoms with Crippen LogP contribution in [0, 0.1) is 0 Å². The Morgan fingerprint density at radius 2 is 1.67 bits per heavy atom. The number of alkyl halides is 3. The Bertz CT molecular complexity index is 934. The van der Waals surface area contributed by atoms with Gasteiger partial charge in [0.15, 0.2) is 5.79 Å². The summed E-state index contributed by atoms with van der Waals surface area (Å²) in [4.78, 5) is 29.5. The van der Waals surface area contributed by atoms with Crippen molar-refractivity contribution in [3.05, 3.63) is 35.4 Å². The monoisotopic (exact) mass is 621 g/mol. The van der Waals surface area contributed by atoms with Gasteiger partial charge in [0.25, 0.3) is 0 Å². The Morgan fingerprint density at radius 3 is 2.22 bits per heavy atom. The van der Waals surface area contributed by atoms with Crippen LogP contribution in [0.1, 0.15) is 57.1 Å². The van der Waals surface area contributed by atoms with Crippen molar-refractivity contribution in [1.29, 1.82) is 0 Å². The second kappa shape index (κ2) is 10.6. The fraction of sp³-hybridized carbons (Fsp3) is 0.680. The predicted octanol–water partition coefficient (Wildman–Crippen LogP) is 4.81. The molecule has 1 aromatic carbocycles. The van der Waals surface area contributed by atoms with E-state index in [-0.39, 0.29) is 23.6 Å². The SMILES string of the molecule is CC(C)(C)OC(=O)NC1CC(c2ccc(C(F)(F)I)cc2)CN(C(=O)N2CCC3(CC2)OCCO3)C1. The Balaban J connectivity index is 1.48. The van der Waals surface area contributed by atoms with Gasteiger partial charge in [0.1, 0.15) is 5.60 Å². The maximum Gasteiger partial charge on any atom is 0.407 e. The van der Waals surface area contributed by atoms with E-state index in [2.05, 4.69) is 5.32 Å². The minimum atomic E-state index is -2.95. The van der Waals surface area contributed by atoms with Crippen molar-refractivity contribution in [2.75, 3.05) is 39.4 Å². The van der Waals surface area contributed by atoms with Crippen LogP contribution in [0.2, 0.25) is 0 Å². The fourth-order valence-electron chi connectivity index (χ4n) is 5.04. The minimum Gasteiger partial charge on any atom is -0.444 e. The molecule has 1 spiro atoms. The zero-order valence-corrected chi connectivity index (χ0v) is 23.1. The summed E-state index contributed by atoms with van der Waals surface area (Å²) in [6, 6.07) is 5.76. The number of hydrogen-bond donors (Lipinski definition) is 1. The number of nitrogens with zero attached hydrogens (tertiary/aromatic N) is 2. The number of carbonyl (C=O) groups excluding carboxylic acids is 2. The quantitative estimate of drug-likeness (QED) is 0.387. The lowest BCUT2D eigenvalue weighted by Gasteiger charge is -2.43. The van der Waals surface area contributed by atoms with Gasteiger partial charge in [0.05, 0.1) is 19.3 Å². The smallest absolute Gasteiger partial charge is 0.407 e. The molecule has 0 saturated carbocycles. The van der Waals surface area contributed by atoms with Crippen molar-refractivity contribution in [2.24, 2.45) is 0 Å². The number of urea groups is 1. The molecule has 1 N–H and O–H groups in total. The molecule has 0 radical (unpaired) electrons. The molecule has 3 saturated heterocycles. The van der Waals surface area contributed by atoms with Crippen LogP contribution < -0.4 is 5.32 Å². The number of alkyl carbamates (subject to hydrolysis) is 1. The number of hydrogen-bond acceptors (Lipinski definition) is 5. The van der Waals surface area contributed by atoms with Crippen LogP contribution in [0.15, 0.2) is 24.3 Å². The van der Waals surface area contributed by atoms with Crippen molar-refractivity contribution in [2.45, 2.75) is 67.3 Å². The van der Waals surface area contributed by atoms with Crippen LogP contribution in [-0.2, 0) is 18.1 Å². The highest BCUT2D eigenvalue weighted by Gasteiger charge is 2.42. The molecule has 3 amide bonds. The van der Waals surface area contributed by atoms with Gasteiger partial charge in [0.2, 0.25) is 0 Å². The van der Waals surface area contributed by atoms with Gasteiger partial charge in [-0.2, -0.15) is 8.78 Å². The number of halogens is 3. The summed E-state index contributed by atoms with van der Waals surface area (Å²) in [5, 5.41) is 2.90. The number of rotatable bonds is 3. The minimum absolute atomic E-state index is 0.0716. The molecule has 1 aromatic rings. The number of nitrogens with one attached hydrogen (secondary N) is 1. The highest BCUT2D eigenvalue weighted by atomic mass is 127. The normalized spacial score (nSPS) is 24.6. The summed E-state index contributed by atoms with van der Waals surface area (Å²) in [7, 11) is 0. The maximum atomic E-state index is 13.7. The molecule has 8 nitrogen and oxygen atoms in total. The van der Waals surface area contributed by atoms with E-state index in [0.29, 0.717) is 58.7 Å². The number of likely N-dealkylation sites (tertiary alicyclic amines) is 2. The molecule has 4 rings (SSSR count). The zero-order valence-electron chi connectivity index (χ0n) is 20.9. The largest absolute Gasteiger partial charge is 0.444 e. The van der Waals surface area contributed by atoms with Crippen LogP contribution in [0.4, 0.5) is 18.4 Å². The molecule has 3 heterocycles. The Labute approximate surface area is 224 Å². The molecule has 2 unspecified atom stereocenters. The summed E-state index contributed by atoms with van der Waals surface area (Å²) in [6.45, 7) is 8.32. The highest BCUT2D eigenvalue weighted by Crippen LogP contribution is 2.37. The summed E-state index contributed by atoms with van der Waals surface area (Å²) < 4.78 is 41.4. The number of carbonyl (C=O) groups is 2. The van der Waals surface area contributed by atoms with E-state index in [1.807, 2.05) is 0 Å². The third-order valence-electron chi connectivity index (χ3n) is 6.76. The van der Waals surface area contributed by atoms with Crippen LogP contribution in [0.3, 0.4) is 0 Å². The first kappa shape index (κ1) is 27.3. The first-order valence-electron chi connectivity index (χ1n) is 12.3. The van der Waals surface area contributed by atoms with Crippen molar-refractivity contribution in [1.82, 2.24) is 15.1 Å². The van der Waals surface area contributed by atoms with E-state index in [0.717, 1.165) is 28.2 Å². The van der Waals surface area contributed by atoms with Crippen molar-refractivity contribution >= 4 is 34.7 Å². The molecular formula is C25H34F2IN3O5. The Morgan fingerprint density at radius 1 is 1.06 bits per heavy atom. The van der Waals surface area contributed by atoms with E-state index >= 15 is 0 Å². The molecule has 2 atom stereocenters. The Hall–Kier alpha value is -1.73. The van der Waals surface area contributed by atoms with Gasteiger partial charge < -0.3 is 29.3 Å². The standard InChI is InChI=1S/C25H34F2IN3O5/c1-23(2,3)36-21(32)29-20-14-18(17-4-6-19(7-5-17)25(26,27)28)15-31(16-20)22(33)30-10-8-24(9-11-30)34-12-13-35-24/h4-7,18,20H,8-16H2,1-3H3,(H,29,32).